The summed E-state index contributed by atoms with van der Waals surface area (Å²) in [6, 6.07) is 0. The molecular weight excluding hydrogens is 448 g/mol. The van der Waals surface area contributed by atoms with E-state index in [1.54, 1.807) is 7.11 Å². The van der Waals surface area contributed by atoms with Crippen molar-refractivity contribution in [2.75, 3.05) is 14.2 Å². The lowest BCUT2D eigenvalue weighted by Crippen LogP contribution is -2.67. The number of rotatable bonds is 2. The van der Waals surface area contributed by atoms with Gasteiger partial charge in [0, 0.05) is 7.11 Å². The number of carbonyl (C=O) groups excluding carboxylic acids is 1. The Kier molecular flexibility index (Phi) is 5.99. The fraction of sp³-hybridized carbons (Fsp3) is 0.906. The second kappa shape index (κ2) is 8.07. The highest BCUT2D eigenvalue weighted by Crippen LogP contribution is 2.76. The van der Waals surface area contributed by atoms with Gasteiger partial charge in [-0.05, 0) is 103 Å². The summed E-state index contributed by atoms with van der Waals surface area (Å²) in [6.45, 7) is 17.0. The van der Waals surface area contributed by atoms with Gasteiger partial charge in [-0.2, -0.15) is 0 Å². The van der Waals surface area contributed by atoms with Crippen molar-refractivity contribution in [1.82, 2.24) is 0 Å². The van der Waals surface area contributed by atoms with Crippen LogP contribution in [0.1, 0.15) is 106 Å². The minimum atomic E-state index is -0.578. The van der Waals surface area contributed by atoms with E-state index in [1.165, 1.54) is 18.4 Å². The SMILES string of the molecule is COC(=O)[C@]12CCC(C)(C)CC1C1=CCC3[C@@]4(C)CC[C@H](O)C(C)(C)C4CC[C@@]3(C)[C@]1(C)C[C@H]2OC. The molecule has 4 saturated carbocycles. The van der Waals surface area contributed by atoms with E-state index >= 15 is 0 Å². The van der Waals surface area contributed by atoms with Crippen LogP contribution < -0.4 is 0 Å². The summed E-state index contributed by atoms with van der Waals surface area (Å²) in [4.78, 5) is 13.6. The summed E-state index contributed by atoms with van der Waals surface area (Å²) < 4.78 is 11.9. The minimum absolute atomic E-state index is 0.0135. The van der Waals surface area contributed by atoms with Gasteiger partial charge in [-0.25, -0.2) is 0 Å². The van der Waals surface area contributed by atoms with Crippen LogP contribution in [0.3, 0.4) is 0 Å². The van der Waals surface area contributed by atoms with E-state index in [9.17, 15) is 9.90 Å². The molecule has 5 aliphatic carbocycles. The largest absolute Gasteiger partial charge is 0.468 e. The molecule has 204 valence electrons. The second-order valence-corrected chi connectivity index (χ2v) is 15.6. The first-order valence-corrected chi connectivity index (χ1v) is 14.6. The number of allylic oxidation sites excluding steroid dienone is 2. The number of esters is 1. The quantitative estimate of drug-likeness (QED) is 0.329. The van der Waals surface area contributed by atoms with Gasteiger partial charge in [0.2, 0.25) is 0 Å². The van der Waals surface area contributed by atoms with Crippen molar-refractivity contribution in [1.29, 1.82) is 0 Å². The molecule has 0 heterocycles. The Hall–Kier alpha value is -0.870. The first-order chi connectivity index (χ1) is 16.6. The Labute approximate surface area is 220 Å². The maximum Gasteiger partial charge on any atom is 0.315 e. The maximum atomic E-state index is 13.6. The fourth-order valence-electron chi connectivity index (χ4n) is 11.1. The van der Waals surface area contributed by atoms with Gasteiger partial charge in [-0.15, -0.1) is 0 Å². The third kappa shape index (κ3) is 3.15. The molecule has 1 N–H and O–H groups in total. The maximum absolute atomic E-state index is 13.6. The Balaban J connectivity index is 1.65. The topological polar surface area (TPSA) is 55.8 Å². The first-order valence-electron chi connectivity index (χ1n) is 14.6. The Morgan fingerprint density at radius 2 is 1.61 bits per heavy atom. The normalized spacial score (nSPS) is 51.1. The van der Waals surface area contributed by atoms with Crippen LogP contribution in [-0.4, -0.2) is 37.5 Å². The van der Waals surface area contributed by atoms with Crippen LogP contribution in [0.15, 0.2) is 11.6 Å². The van der Waals surface area contributed by atoms with Crippen LogP contribution in [0.2, 0.25) is 0 Å². The second-order valence-electron chi connectivity index (χ2n) is 15.6. The molecule has 0 bridgehead atoms. The Bertz CT molecular complexity index is 950. The van der Waals surface area contributed by atoms with Gasteiger partial charge in [0.05, 0.1) is 19.3 Å². The van der Waals surface area contributed by atoms with Gasteiger partial charge in [-0.3, -0.25) is 4.79 Å². The zero-order valence-electron chi connectivity index (χ0n) is 24.5. The van der Waals surface area contributed by atoms with Crippen LogP contribution in [0.4, 0.5) is 0 Å². The van der Waals surface area contributed by atoms with E-state index in [-0.39, 0.29) is 51.2 Å². The van der Waals surface area contributed by atoms with Crippen LogP contribution >= 0.6 is 0 Å². The molecule has 0 radical (unpaired) electrons. The van der Waals surface area contributed by atoms with E-state index in [0.29, 0.717) is 11.8 Å². The molecule has 0 aromatic carbocycles. The number of methoxy groups -OCH3 is 2. The van der Waals surface area contributed by atoms with Crippen molar-refractivity contribution in [3.05, 3.63) is 11.6 Å². The summed E-state index contributed by atoms with van der Waals surface area (Å²) in [6.07, 6.45) is 11.5. The molecule has 0 amide bonds. The molecular formula is C32H52O4. The molecule has 0 aromatic rings. The highest BCUT2D eigenvalue weighted by Gasteiger charge is 2.71. The van der Waals surface area contributed by atoms with Crippen LogP contribution in [0.25, 0.3) is 0 Å². The molecule has 4 fully saturated rings. The van der Waals surface area contributed by atoms with Gasteiger partial charge in [0.15, 0.2) is 0 Å². The summed E-state index contributed by atoms with van der Waals surface area (Å²) in [5, 5.41) is 11.0. The molecule has 0 spiro atoms. The summed E-state index contributed by atoms with van der Waals surface area (Å²) in [7, 11) is 3.37. The predicted molar refractivity (Wildman–Crippen MR) is 143 cm³/mol. The van der Waals surface area contributed by atoms with E-state index in [1.807, 2.05) is 7.11 Å². The summed E-state index contributed by atoms with van der Waals surface area (Å²) in [5.74, 6) is 1.22. The van der Waals surface area contributed by atoms with E-state index in [2.05, 4.69) is 54.5 Å². The lowest BCUT2D eigenvalue weighted by Gasteiger charge is -2.71. The smallest absolute Gasteiger partial charge is 0.315 e. The van der Waals surface area contributed by atoms with Crippen molar-refractivity contribution in [2.24, 2.45) is 50.2 Å². The fourth-order valence-corrected chi connectivity index (χ4v) is 11.1. The molecule has 3 unspecified atom stereocenters. The van der Waals surface area contributed by atoms with Crippen molar-refractivity contribution in [3.8, 4) is 0 Å². The highest BCUT2D eigenvalue weighted by molar-refractivity contribution is 5.79. The number of hydrogen-bond acceptors (Lipinski definition) is 4. The molecule has 5 rings (SSSR count). The average molecular weight is 501 g/mol. The number of hydrogen-bond donors (Lipinski definition) is 1. The average Bonchev–Trinajstić information content (AvgIpc) is 2.80. The number of carbonyl (C=O) groups is 1. The van der Waals surface area contributed by atoms with Gasteiger partial charge in [0.25, 0.3) is 0 Å². The van der Waals surface area contributed by atoms with Crippen LogP contribution in [0.5, 0.6) is 0 Å². The molecule has 4 nitrogen and oxygen atoms in total. The Morgan fingerprint density at radius 3 is 2.25 bits per heavy atom. The van der Waals surface area contributed by atoms with E-state index in [0.717, 1.165) is 44.9 Å². The van der Waals surface area contributed by atoms with Gasteiger partial charge in [0.1, 0.15) is 5.41 Å². The molecule has 9 atom stereocenters. The van der Waals surface area contributed by atoms with E-state index in [4.69, 9.17) is 9.47 Å². The zero-order valence-corrected chi connectivity index (χ0v) is 24.5. The van der Waals surface area contributed by atoms with Crippen molar-refractivity contribution >= 4 is 5.97 Å². The number of aliphatic hydroxyl groups excluding tert-OH is 1. The van der Waals surface area contributed by atoms with Crippen LogP contribution in [-0.2, 0) is 14.3 Å². The molecule has 0 saturated heterocycles. The third-order valence-electron chi connectivity index (χ3n) is 13.5. The lowest BCUT2D eigenvalue weighted by molar-refractivity contribution is -0.222. The monoisotopic (exact) mass is 500 g/mol. The lowest BCUT2D eigenvalue weighted by atomic mass is 9.33. The number of fused-ring (bicyclic) bond motifs is 7. The molecule has 5 aliphatic rings. The van der Waals surface area contributed by atoms with Crippen molar-refractivity contribution in [3.63, 3.8) is 0 Å². The third-order valence-corrected chi connectivity index (χ3v) is 13.5. The standard InChI is InChI=1S/C32H52O4/c1-27(2)16-17-32(26(34)36-9)21(18-27)20-10-11-23-29(5)14-13-24(33)28(3,4)22(29)12-15-30(23,6)31(20,7)19-25(32)35-8/h10,21-25,33H,11-19H2,1-9H3/t21?,22?,23?,24-,25+,29-,30+,31+,32+/m0/s1. The van der Waals surface area contributed by atoms with Gasteiger partial charge in [-0.1, -0.05) is 60.1 Å². The molecule has 4 heteroatoms. The van der Waals surface area contributed by atoms with Gasteiger partial charge < -0.3 is 14.6 Å². The van der Waals surface area contributed by atoms with Crippen molar-refractivity contribution < 1.29 is 19.4 Å². The molecule has 0 aromatic heterocycles. The highest BCUT2D eigenvalue weighted by atomic mass is 16.5. The summed E-state index contributed by atoms with van der Waals surface area (Å²) >= 11 is 0. The zero-order chi connectivity index (χ0) is 26.5. The van der Waals surface area contributed by atoms with Crippen LogP contribution in [0, 0.1) is 50.2 Å². The number of aliphatic hydroxyl groups is 1. The number of ether oxygens (including phenoxy) is 2. The predicted octanol–water partition coefficient (Wildman–Crippen LogP) is 6.95. The molecule has 36 heavy (non-hydrogen) atoms. The van der Waals surface area contributed by atoms with Gasteiger partial charge >= 0.3 is 5.97 Å². The first kappa shape index (κ1) is 26.7. The summed E-state index contributed by atoms with van der Waals surface area (Å²) in [5.41, 5.74) is 1.45. The van der Waals surface area contributed by atoms with Crippen molar-refractivity contribution in [2.45, 2.75) is 118 Å². The Morgan fingerprint density at radius 1 is 0.917 bits per heavy atom. The molecule has 0 aliphatic heterocycles. The minimum Gasteiger partial charge on any atom is -0.468 e. The van der Waals surface area contributed by atoms with E-state index < -0.39 is 5.41 Å².